The van der Waals surface area contributed by atoms with Crippen molar-refractivity contribution in [3.8, 4) is 5.75 Å². The average Bonchev–Trinajstić information content (AvgIpc) is 2.46. The van der Waals surface area contributed by atoms with Gasteiger partial charge in [-0.15, -0.1) is 0 Å². The maximum Gasteiger partial charge on any atom is 0.391 e. The molecule has 0 N–H and O–H groups in total. The highest BCUT2D eigenvalue weighted by atomic mass is 19.4. The standard InChI is InChI=1S/C14H16F3NO2/c1-20-12-6-10(7-18-8-12)13(19)9-3-2-4-11(5-9)14(15,16)17/h6-9,11H,2-5H2,1H3. The van der Waals surface area contributed by atoms with Crippen LogP contribution in [0.15, 0.2) is 18.5 Å². The zero-order valence-corrected chi connectivity index (χ0v) is 11.1. The third kappa shape index (κ3) is 3.29. The number of alkyl halides is 3. The lowest BCUT2D eigenvalue weighted by Crippen LogP contribution is -2.31. The lowest BCUT2D eigenvalue weighted by Gasteiger charge is -2.29. The number of rotatable bonds is 3. The molecule has 6 heteroatoms. The van der Waals surface area contributed by atoms with Gasteiger partial charge in [0.1, 0.15) is 5.75 Å². The first kappa shape index (κ1) is 14.8. The molecule has 1 aromatic rings. The Hall–Kier alpha value is -1.59. The number of aromatic nitrogens is 1. The summed E-state index contributed by atoms with van der Waals surface area (Å²) in [4.78, 5) is 16.1. The molecular formula is C14H16F3NO2. The highest BCUT2D eigenvalue weighted by Crippen LogP contribution is 2.40. The van der Waals surface area contributed by atoms with Crippen LogP contribution in [0.1, 0.15) is 36.0 Å². The van der Waals surface area contributed by atoms with Crippen molar-refractivity contribution in [1.29, 1.82) is 0 Å². The van der Waals surface area contributed by atoms with Gasteiger partial charge >= 0.3 is 6.18 Å². The number of ketones is 1. The van der Waals surface area contributed by atoms with Gasteiger partial charge in [-0.05, 0) is 25.3 Å². The van der Waals surface area contributed by atoms with Crippen molar-refractivity contribution >= 4 is 5.78 Å². The van der Waals surface area contributed by atoms with Crippen LogP contribution < -0.4 is 4.74 Å². The van der Waals surface area contributed by atoms with E-state index in [9.17, 15) is 18.0 Å². The van der Waals surface area contributed by atoms with Crippen LogP contribution in [-0.4, -0.2) is 24.1 Å². The molecule has 0 aromatic carbocycles. The molecular weight excluding hydrogens is 271 g/mol. The molecule has 0 amide bonds. The highest BCUT2D eigenvalue weighted by molar-refractivity contribution is 5.97. The van der Waals surface area contributed by atoms with Gasteiger partial charge in [0.25, 0.3) is 0 Å². The maximum atomic E-state index is 12.8. The second-order valence-electron chi connectivity index (χ2n) is 5.08. The van der Waals surface area contributed by atoms with Crippen LogP contribution in [0.25, 0.3) is 0 Å². The van der Waals surface area contributed by atoms with Gasteiger partial charge < -0.3 is 4.74 Å². The van der Waals surface area contributed by atoms with Crippen LogP contribution in [0.3, 0.4) is 0 Å². The summed E-state index contributed by atoms with van der Waals surface area (Å²) in [7, 11) is 1.45. The van der Waals surface area contributed by atoms with E-state index in [0.717, 1.165) is 0 Å². The van der Waals surface area contributed by atoms with Gasteiger partial charge in [-0.1, -0.05) is 6.42 Å². The Labute approximate surface area is 115 Å². The number of ether oxygens (including phenoxy) is 1. The lowest BCUT2D eigenvalue weighted by atomic mass is 9.78. The Kier molecular flexibility index (Phi) is 4.30. The van der Waals surface area contributed by atoms with Gasteiger partial charge in [0.2, 0.25) is 0 Å². The molecule has 2 unspecified atom stereocenters. The van der Waals surface area contributed by atoms with Crippen LogP contribution in [0.5, 0.6) is 5.75 Å². The summed E-state index contributed by atoms with van der Waals surface area (Å²) < 4.78 is 43.2. The van der Waals surface area contributed by atoms with Crippen LogP contribution in [0.4, 0.5) is 13.2 Å². The van der Waals surface area contributed by atoms with E-state index in [1.807, 2.05) is 0 Å². The summed E-state index contributed by atoms with van der Waals surface area (Å²) in [6.07, 6.45) is -0.465. The summed E-state index contributed by atoms with van der Waals surface area (Å²) in [6, 6.07) is 1.52. The highest BCUT2D eigenvalue weighted by Gasteiger charge is 2.43. The molecule has 1 heterocycles. The molecule has 0 aliphatic heterocycles. The third-order valence-corrected chi connectivity index (χ3v) is 3.74. The Morgan fingerprint density at radius 3 is 2.75 bits per heavy atom. The fourth-order valence-corrected chi connectivity index (χ4v) is 2.63. The minimum atomic E-state index is -4.22. The van der Waals surface area contributed by atoms with Gasteiger partial charge in [0, 0.05) is 17.7 Å². The normalized spacial score (nSPS) is 23.4. The van der Waals surface area contributed by atoms with Crippen molar-refractivity contribution in [2.24, 2.45) is 11.8 Å². The van der Waals surface area contributed by atoms with Crippen LogP contribution >= 0.6 is 0 Å². The monoisotopic (exact) mass is 287 g/mol. The van der Waals surface area contributed by atoms with E-state index in [-0.39, 0.29) is 18.6 Å². The molecule has 1 aromatic heterocycles. The molecule has 3 nitrogen and oxygen atoms in total. The van der Waals surface area contributed by atoms with Gasteiger partial charge in [0.05, 0.1) is 19.2 Å². The smallest absolute Gasteiger partial charge is 0.391 e. The largest absolute Gasteiger partial charge is 0.495 e. The molecule has 1 aliphatic rings. The first-order valence-electron chi connectivity index (χ1n) is 6.51. The quantitative estimate of drug-likeness (QED) is 0.797. The molecule has 2 atom stereocenters. The van der Waals surface area contributed by atoms with E-state index >= 15 is 0 Å². The molecule has 0 spiro atoms. The summed E-state index contributed by atoms with van der Waals surface area (Å²) >= 11 is 0. The van der Waals surface area contributed by atoms with E-state index < -0.39 is 18.0 Å². The summed E-state index contributed by atoms with van der Waals surface area (Å²) in [5.41, 5.74) is 0.317. The van der Waals surface area contributed by atoms with Gasteiger partial charge in [-0.2, -0.15) is 13.2 Å². The molecule has 1 aliphatic carbocycles. The van der Waals surface area contributed by atoms with Crippen LogP contribution in [0.2, 0.25) is 0 Å². The zero-order chi connectivity index (χ0) is 14.8. The molecule has 0 bridgehead atoms. The topological polar surface area (TPSA) is 39.2 Å². The summed E-state index contributed by atoms with van der Waals surface area (Å²) in [5, 5.41) is 0. The number of halogens is 3. The second kappa shape index (κ2) is 5.81. The number of pyridine rings is 1. The van der Waals surface area contributed by atoms with Crippen molar-refractivity contribution in [2.75, 3.05) is 7.11 Å². The Balaban J connectivity index is 2.12. The van der Waals surface area contributed by atoms with Gasteiger partial charge in [0.15, 0.2) is 5.78 Å². The van der Waals surface area contributed by atoms with E-state index in [2.05, 4.69) is 4.98 Å². The van der Waals surface area contributed by atoms with E-state index in [1.54, 1.807) is 0 Å². The van der Waals surface area contributed by atoms with Crippen LogP contribution in [-0.2, 0) is 0 Å². The maximum absolute atomic E-state index is 12.8. The summed E-state index contributed by atoms with van der Waals surface area (Å²) in [5.74, 6) is -1.79. The van der Waals surface area contributed by atoms with Crippen molar-refractivity contribution in [2.45, 2.75) is 31.9 Å². The predicted molar refractivity (Wildman–Crippen MR) is 66.6 cm³/mol. The van der Waals surface area contributed by atoms with E-state index in [0.29, 0.717) is 24.2 Å². The molecule has 1 saturated carbocycles. The Bertz CT molecular complexity index is 488. The Morgan fingerprint density at radius 2 is 2.10 bits per heavy atom. The van der Waals surface area contributed by atoms with Crippen LogP contribution in [0, 0.1) is 11.8 Å². The first-order valence-corrected chi connectivity index (χ1v) is 6.51. The van der Waals surface area contributed by atoms with Crippen molar-refractivity contribution in [3.05, 3.63) is 24.0 Å². The zero-order valence-electron chi connectivity index (χ0n) is 11.1. The van der Waals surface area contributed by atoms with Gasteiger partial charge in [-0.3, -0.25) is 9.78 Å². The van der Waals surface area contributed by atoms with E-state index in [4.69, 9.17) is 4.74 Å². The lowest BCUT2D eigenvalue weighted by molar-refractivity contribution is -0.184. The second-order valence-corrected chi connectivity index (χ2v) is 5.08. The number of carbonyl (C=O) groups is 1. The predicted octanol–water partition coefficient (Wildman–Crippen LogP) is 3.64. The summed E-state index contributed by atoms with van der Waals surface area (Å²) in [6.45, 7) is 0. The van der Waals surface area contributed by atoms with Crippen molar-refractivity contribution < 1.29 is 22.7 Å². The minimum Gasteiger partial charge on any atom is -0.495 e. The average molecular weight is 287 g/mol. The third-order valence-electron chi connectivity index (χ3n) is 3.74. The number of hydrogen-bond donors (Lipinski definition) is 0. The number of nitrogens with zero attached hydrogens (tertiary/aromatic N) is 1. The number of methoxy groups -OCH3 is 1. The molecule has 1 fully saturated rings. The fourth-order valence-electron chi connectivity index (χ4n) is 2.63. The SMILES string of the molecule is COc1cncc(C(=O)C2CCCC(C(F)(F)F)C2)c1. The Morgan fingerprint density at radius 1 is 1.35 bits per heavy atom. The fraction of sp³-hybridized carbons (Fsp3) is 0.571. The number of hydrogen-bond acceptors (Lipinski definition) is 3. The van der Waals surface area contributed by atoms with Gasteiger partial charge in [-0.25, -0.2) is 0 Å². The molecule has 0 radical (unpaired) electrons. The van der Waals surface area contributed by atoms with Crippen molar-refractivity contribution in [1.82, 2.24) is 4.98 Å². The molecule has 0 saturated heterocycles. The first-order chi connectivity index (χ1) is 9.41. The molecule has 2 rings (SSSR count). The minimum absolute atomic E-state index is 0.115. The molecule has 110 valence electrons. The number of Topliss-reactive ketones (excluding diaryl/α,β-unsaturated/α-hetero) is 1. The van der Waals surface area contributed by atoms with E-state index in [1.165, 1.54) is 25.6 Å². The molecule has 20 heavy (non-hydrogen) atoms. The number of carbonyl (C=O) groups excluding carboxylic acids is 1. The van der Waals surface area contributed by atoms with Crippen molar-refractivity contribution in [3.63, 3.8) is 0 Å².